The summed E-state index contributed by atoms with van der Waals surface area (Å²) in [6.07, 6.45) is 0. The average Bonchev–Trinajstić information content (AvgIpc) is 3.11. The lowest BCUT2D eigenvalue weighted by atomic mass is 10.1. The Hall–Kier alpha value is -2.26. The molecule has 0 saturated carbocycles. The molecule has 0 amide bonds. The van der Waals surface area contributed by atoms with Gasteiger partial charge in [0.05, 0.1) is 21.4 Å². The highest BCUT2D eigenvalue weighted by molar-refractivity contribution is 6.42. The van der Waals surface area contributed by atoms with Crippen molar-refractivity contribution in [2.75, 3.05) is 0 Å². The van der Waals surface area contributed by atoms with Crippen LogP contribution < -0.4 is 0 Å². The van der Waals surface area contributed by atoms with E-state index < -0.39 is 0 Å². The van der Waals surface area contributed by atoms with Crippen molar-refractivity contribution in [3.63, 3.8) is 0 Å². The number of hydrogen-bond donors (Lipinski definition) is 1. The van der Waals surface area contributed by atoms with E-state index in [0.717, 1.165) is 33.9 Å². The van der Waals surface area contributed by atoms with E-state index in [-0.39, 0.29) is 0 Å². The number of halogens is 3. The smallest absolute Gasteiger partial charge is 0.138 e. The molecular weight excluding hydrogens is 387 g/mol. The van der Waals surface area contributed by atoms with Gasteiger partial charge in [-0.2, -0.15) is 0 Å². The highest BCUT2D eigenvalue weighted by Crippen LogP contribution is 2.35. The largest absolute Gasteiger partial charge is 0.337 e. The standard InChI is InChI=1S/C21H13Cl3N2/c22-16-9-6-14(7-10-16)20-19(13-4-2-1-3-5-13)25-21(26-20)15-8-11-17(23)18(24)12-15/h1-12H,(H,25,26). The molecule has 0 fully saturated rings. The fourth-order valence-corrected chi connectivity index (χ4v) is 3.21. The number of aromatic nitrogens is 2. The topological polar surface area (TPSA) is 28.7 Å². The van der Waals surface area contributed by atoms with Gasteiger partial charge >= 0.3 is 0 Å². The van der Waals surface area contributed by atoms with Crippen molar-refractivity contribution in [1.29, 1.82) is 0 Å². The number of imidazole rings is 1. The van der Waals surface area contributed by atoms with E-state index in [0.29, 0.717) is 15.1 Å². The van der Waals surface area contributed by atoms with Crippen LogP contribution in [-0.2, 0) is 0 Å². The Kier molecular flexibility index (Phi) is 4.73. The zero-order chi connectivity index (χ0) is 18.1. The Morgan fingerprint density at radius 1 is 0.654 bits per heavy atom. The van der Waals surface area contributed by atoms with E-state index in [1.165, 1.54) is 0 Å². The SMILES string of the molecule is Clc1ccc(-c2[nH]c(-c3ccc(Cl)c(Cl)c3)nc2-c2ccccc2)cc1. The number of benzene rings is 3. The van der Waals surface area contributed by atoms with Crippen molar-refractivity contribution < 1.29 is 0 Å². The van der Waals surface area contributed by atoms with Gasteiger partial charge in [0.15, 0.2) is 0 Å². The molecular formula is C21H13Cl3N2. The molecule has 0 unspecified atom stereocenters. The first-order valence-corrected chi connectivity index (χ1v) is 9.12. The third-order valence-corrected chi connectivity index (χ3v) is 5.07. The van der Waals surface area contributed by atoms with Crippen molar-refractivity contribution in [1.82, 2.24) is 9.97 Å². The first-order valence-electron chi connectivity index (χ1n) is 7.98. The van der Waals surface area contributed by atoms with Gasteiger partial charge < -0.3 is 4.98 Å². The number of hydrogen-bond acceptors (Lipinski definition) is 1. The molecule has 1 aromatic heterocycles. The molecule has 0 bridgehead atoms. The molecule has 0 aliphatic carbocycles. The van der Waals surface area contributed by atoms with Gasteiger partial charge in [-0.15, -0.1) is 0 Å². The number of rotatable bonds is 3. The zero-order valence-corrected chi connectivity index (χ0v) is 15.8. The first-order chi connectivity index (χ1) is 12.6. The molecule has 0 spiro atoms. The average molecular weight is 400 g/mol. The molecule has 2 nitrogen and oxygen atoms in total. The first kappa shape index (κ1) is 17.2. The minimum Gasteiger partial charge on any atom is -0.337 e. The molecule has 0 aliphatic heterocycles. The van der Waals surface area contributed by atoms with Gasteiger partial charge in [-0.25, -0.2) is 4.98 Å². The van der Waals surface area contributed by atoms with Gasteiger partial charge in [-0.1, -0.05) is 77.3 Å². The van der Waals surface area contributed by atoms with Crippen LogP contribution in [0, 0.1) is 0 Å². The van der Waals surface area contributed by atoms with E-state index in [2.05, 4.69) is 4.98 Å². The second-order valence-electron chi connectivity index (χ2n) is 5.81. The van der Waals surface area contributed by atoms with E-state index in [1.807, 2.05) is 66.7 Å². The van der Waals surface area contributed by atoms with Crippen LogP contribution in [0.1, 0.15) is 0 Å². The van der Waals surface area contributed by atoms with Crippen LogP contribution in [0.15, 0.2) is 72.8 Å². The lowest BCUT2D eigenvalue weighted by molar-refractivity contribution is 1.31. The number of nitrogens with one attached hydrogen (secondary N) is 1. The third-order valence-electron chi connectivity index (χ3n) is 4.08. The van der Waals surface area contributed by atoms with Gasteiger partial charge in [0.25, 0.3) is 0 Å². The third kappa shape index (κ3) is 3.36. The summed E-state index contributed by atoms with van der Waals surface area (Å²) >= 11 is 18.2. The molecule has 1 N–H and O–H groups in total. The van der Waals surface area contributed by atoms with E-state index in [9.17, 15) is 0 Å². The molecule has 5 heteroatoms. The molecule has 3 aromatic carbocycles. The number of H-pyrrole nitrogens is 1. The Morgan fingerprint density at radius 2 is 1.35 bits per heavy atom. The lowest BCUT2D eigenvalue weighted by Gasteiger charge is -2.03. The molecule has 0 saturated heterocycles. The highest BCUT2D eigenvalue weighted by atomic mass is 35.5. The van der Waals surface area contributed by atoms with Crippen LogP contribution in [-0.4, -0.2) is 9.97 Å². The minimum absolute atomic E-state index is 0.495. The van der Waals surface area contributed by atoms with Gasteiger partial charge in [-0.05, 0) is 30.3 Å². The second-order valence-corrected chi connectivity index (χ2v) is 7.06. The van der Waals surface area contributed by atoms with Crippen LogP contribution >= 0.6 is 34.8 Å². The Morgan fingerprint density at radius 3 is 2.04 bits per heavy atom. The highest BCUT2D eigenvalue weighted by Gasteiger charge is 2.15. The quantitative estimate of drug-likeness (QED) is 0.383. The van der Waals surface area contributed by atoms with Crippen molar-refractivity contribution >= 4 is 34.8 Å². The number of nitrogens with zero attached hydrogens (tertiary/aromatic N) is 1. The maximum absolute atomic E-state index is 6.17. The maximum atomic E-state index is 6.17. The maximum Gasteiger partial charge on any atom is 0.138 e. The van der Waals surface area contributed by atoms with Gasteiger partial charge in [0.1, 0.15) is 5.82 Å². The van der Waals surface area contributed by atoms with Crippen molar-refractivity contribution in [3.05, 3.63) is 87.9 Å². The predicted molar refractivity (Wildman–Crippen MR) is 110 cm³/mol. The van der Waals surface area contributed by atoms with Gasteiger partial charge in [0.2, 0.25) is 0 Å². The van der Waals surface area contributed by atoms with Crippen LogP contribution in [0.25, 0.3) is 33.9 Å². The van der Waals surface area contributed by atoms with Crippen LogP contribution in [0.5, 0.6) is 0 Å². The second kappa shape index (κ2) is 7.16. The van der Waals surface area contributed by atoms with Gasteiger partial charge in [0, 0.05) is 21.7 Å². The van der Waals surface area contributed by atoms with Crippen LogP contribution in [0.2, 0.25) is 15.1 Å². The number of aromatic amines is 1. The Labute approximate surface area is 166 Å². The summed E-state index contributed by atoms with van der Waals surface area (Å²) in [4.78, 5) is 8.25. The van der Waals surface area contributed by atoms with E-state index in [4.69, 9.17) is 39.8 Å². The van der Waals surface area contributed by atoms with Crippen LogP contribution in [0.3, 0.4) is 0 Å². The van der Waals surface area contributed by atoms with E-state index >= 15 is 0 Å². The molecule has 4 rings (SSSR count). The molecule has 1 heterocycles. The minimum atomic E-state index is 0.495. The summed E-state index contributed by atoms with van der Waals surface area (Å²) in [6, 6.07) is 23.2. The fraction of sp³-hybridized carbons (Fsp3) is 0. The Balaban J connectivity index is 1.90. The molecule has 128 valence electrons. The van der Waals surface area contributed by atoms with Crippen molar-refractivity contribution in [3.8, 4) is 33.9 Å². The summed E-state index contributed by atoms with van der Waals surface area (Å²) in [5.74, 6) is 0.729. The monoisotopic (exact) mass is 398 g/mol. The van der Waals surface area contributed by atoms with Gasteiger partial charge in [-0.3, -0.25) is 0 Å². The normalized spacial score (nSPS) is 10.9. The predicted octanol–water partition coefficient (Wildman–Crippen LogP) is 7.37. The Bertz CT molecular complexity index is 1050. The molecule has 0 atom stereocenters. The summed E-state index contributed by atoms with van der Waals surface area (Å²) in [6.45, 7) is 0. The summed E-state index contributed by atoms with van der Waals surface area (Å²) < 4.78 is 0. The summed E-state index contributed by atoms with van der Waals surface area (Å²) in [5.41, 5.74) is 4.70. The summed E-state index contributed by atoms with van der Waals surface area (Å²) in [5, 5.41) is 1.71. The molecule has 4 aromatic rings. The van der Waals surface area contributed by atoms with Crippen molar-refractivity contribution in [2.45, 2.75) is 0 Å². The fourth-order valence-electron chi connectivity index (χ4n) is 2.78. The molecule has 0 radical (unpaired) electrons. The molecule has 0 aliphatic rings. The van der Waals surface area contributed by atoms with Crippen molar-refractivity contribution in [2.24, 2.45) is 0 Å². The van der Waals surface area contributed by atoms with Crippen LogP contribution in [0.4, 0.5) is 0 Å². The molecule has 26 heavy (non-hydrogen) atoms. The summed E-state index contributed by atoms with van der Waals surface area (Å²) in [7, 11) is 0. The zero-order valence-electron chi connectivity index (χ0n) is 13.5. The lowest BCUT2D eigenvalue weighted by Crippen LogP contribution is -1.83. The van der Waals surface area contributed by atoms with E-state index in [1.54, 1.807) is 6.07 Å².